The van der Waals surface area contributed by atoms with E-state index in [0.717, 1.165) is 30.4 Å². The van der Waals surface area contributed by atoms with Gasteiger partial charge in [-0.25, -0.2) is 0 Å². The van der Waals surface area contributed by atoms with Crippen LogP contribution in [-0.4, -0.2) is 32.5 Å². The van der Waals surface area contributed by atoms with Crippen LogP contribution in [0.2, 0.25) is 0 Å². The molecule has 1 amide bonds. The molecule has 0 saturated carbocycles. The number of likely N-dealkylation sites (tertiary alicyclic amines) is 1. The Kier molecular flexibility index (Phi) is 4.08. The first kappa shape index (κ1) is 15.0. The fraction of sp³-hybridized carbons (Fsp3) is 0.294. The van der Waals surface area contributed by atoms with Crippen molar-refractivity contribution in [2.75, 3.05) is 6.54 Å². The summed E-state index contributed by atoms with van der Waals surface area (Å²) in [4.78, 5) is 23.2. The molecule has 3 aromatic heterocycles. The van der Waals surface area contributed by atoms with E-state index in [2.05, 4.69) is 15.1 Å². The van der Waals surface area contributed by atoms with E-state index in [4.69, 9.17) is 4.52 Å². The molecule has 0 aliphatic carbocycles. The summed E-state index contributed by atoms with van der Waals surface area (Å²) in [6.45, 7) is 0.712. The highest BCUT2D eigenvalue weighted by atomic mass is 32.1. The SMILES string of the molecule is O=C(c1ccsc1)N1CCCCC1c1nc(-c2cccnc2)no1. The first-order valence-electron chi connectivity index (χ1n) is 7.90. The molecular weight excluding hydrogens is 324 g/mol. The number of hydrogen-bond donors (Lipinski definition) is 0. The number of hydrogen-bond acceptors (Lipinski definition) is 6. The minimum Gasteiger partial charge on any atom is -0.337 e. The molecule has 0 bridgehead atoms. The van der Waals surface area contributed by atoms with Crippen LogP contribution in [-0.2, 0) is 0 Å². The lowest BCUT2D eigenvalue weighted by Crippen LogP contribution is -2.38. The number of pyridine rings is 1. The van der Waals surface area contributed by atoms with Gasteiger partial charge in [0.1, 0.15) is 6.04 Å². The van der Waals surface area contributed by atoms with Gasteiger partial charge in [-0.3, -0.25) is 9.78 Å². The van der Waals surface area contributed by atoms with Crippen molar-refractivity contribution in [1.82, 2.24) is 20.0 Å². The summed E-state index contributed by atoms with van der Waals surface area (Å²) in [5.41, 5.74) is 1.53. The summed E-state index contributed by atoms with van der Waals surface area (Å²) in [6, 6.07) is 5.41. The standard InChI is InChI=1S/C17H16N4O2S/c22-17(13-6-9-24-11-13)21-8-2-1-5-14(21)16-19-15(20-23-16)12-4-3-7-18-10-12/h3-4,6-7,9-11,14H,1-2,5,8H2. The molecule has 1 atom stereocenters. The molecule has 0 radical (unpaired) electrons. The Morgan fingerprint density at radius 1 is 1.33 bits per heavy atom. The van der Waals surface area contributed by atoms with Crippen molar-refractivity contribution in [3.8, 4) is 11.4 Å². The van der Waals surface area contributed by atoms with E-state index in [0.29, 0.717) is 18.3 Å². The molecule has 0 spiro atoms. The van der Waals surface area contributed by atoms with E-state index in [1.54, 1.807) is 12.4 Å². The highest BCUT2D eigenvalue weighted by molar-refractivity contribution is 7.08. The van der Waals surface area contributed by atoms with E-state index in [1.165, 1.54) is 11.3 Å². The molecule has 0 aromatic carbocycles. The van der Waals surface area contributed by atoms with Crippen molar-refractivity contribution in [3.05, 3.63) is 52.8 Å². The molecule has 1 unspecified atom stereocenters. The molecule has 4 heterocycles. The normalized spacial score (nSPS) is 17.8. The lowest BCUT2D eigenvalue weighted by molar-refractivity contribution is 0.0562. The minimum absolute atomic E-state index is 0.0297. The largest absolute Gasteiger partial charge is 0.337 e. The fourth-order valence-corrected chi connectivity index (χ4v) is 3.60. The molecule has 122 valence electrons. The van der Waals surface area contributed by atoms with Gasteiger partial charge in [0, 0.05) is 29.9 Å². The van der Waals surface area contributed by atoms with Crippen LogP contribution in [0.5, 0.6) is 0 Å². The van der Waals surface area contributed by atoms with Crippen LogP contribution in [0.3, 0.4) is 0 Å². The first-order valence-corrected chi connectivity index (χ1v) is 8.84. The second kappa shape index (κ2) is 6.52. The Morgan fingerprint density at radius 2 is 2.29 bits per heavy atom. The van der Waals surface area contributed by atoms with Gasteiger partial charge < -0.3 is 9.42 Å². The van der Waals surface area contributed by atoms with E-state index >= 15 is 0 Å². The predicted molar refractivity (Wildman–Crippen MR) is 89.5 cm³/mol. The van der Waals surface area contributed by atoms with Gasteiger partial charge in [0.25, 0.3) is 5.91 Å². The van der Waals surface area contributed by atoms with Gasteiger partial charge in [-0.05, 0) is 42.8 Å². The van der Waals surface area contributed by atoms with Gasteiger partial charge >= 0.3 is 0 Å². The van der Waals surface area contributed by atoms with E-state index < -0.39 is 0 Å². The van der Waals surface area contributed by atoms with Crippen LogP contribution in [0, 0.1) is 0 Å². The topological polar surface area (TPSA) is 72.1 Å². The lowest BCUT2D eigenvalue weighted by Gasteiger charge is -2.33. The van der Waals surface area contributed by atoms with E-state index in [1.807, 2.05) is 33.9 Å². The number of thiophene rings is 1. The number of piperidine rings is 1. The highest BCUT2D eigenvalue weighted by Crippen LogP contribution is 2.32. The van der Waals surface area contributed by atoms with Gasteiger partial charge in [-0.15, -0.1) is 0 Å². The number of rotatable bonds is 3. The predicted octanol–water partition coefficient (Wildman–Crippen LogP) is 3.56. The minimum atomic E-state index is -0.163. The number of carbonyl (C=O) groups excluding carboxylic acids is 1. The van der Waals surface area contributed by atoms with Crippen LogP contribution < -0.4 is 0 Å². The summed E-state index contributed by atoms with van der Waals surface area (Å²) in [6.07, 6.45) is 6.28. The maximum Gasteiger partial charge on any atom is 0.255 e. The number of amides is 1. The molecule has 1 fully saturated rings. The van der Waals surface area contributed by atoms with Crippen LogP contribution >= 0.6 is 11.3 Å². The third-order valence-corrected chi connectivity index (χ3v) is 4.86. The molecule has 3 aromatic rings. The van der Waals surface area contributed by atoms with E-state index in [9.17, 15) is 4.79 Å². The number of carbonyl (C=O) groups is 1. The molecule has 1 aliphatic heterocycles. The Morgan fingerprint density at radius 3 is 3.08 bits per heavy atom. The Hall–Kier alpha value is -2.54. The summed E-state index contributed by atoms with van der Waals surface area (Å²) in [5.74, 6) is 1.03. The quantitative estimate of drug-likeness (QED) is 0.729. The van der Waals surface area contributed by atoms with Crippen LogP contribution in [0.25, 0.3) is 11.4 Å². The fourth-order valence-electron chi connectivity index (χ4n) is 2.97. The first-order chi connectivity index (χ1) is 11.8. The van der Waals surface area contributed by atoms with Crippen molar-refractivity contribution in [2.45, 2.75) is 25.3 Å². The van der Waals surface area contributed by atoms with Gasteiger partial charge in [-0.2, -0.15) is 16.3 Å². The van der Waals surface area contributed by atoms with Gasteiger partial charge in [0.2, 0.25) is 11.7 Å². The zero-order chi connectivity index (χ0) is 16.4. The van der Waals surface area contributed by atoms with Crippen LogP contribution in [0.15, 0.2) is 45.9 Å². The Balaban J connectivity index is 1.62. The summed E-state index contributed by atoms with van der Waals surface area (Å²) >= 11 is 1.52. The number of nitrogens with zero attached hydrogens (tertiary/aromatic N) is 4. The van der Waals surface area contributed by atoms with Crippen molar-refractivity contribution in [3.63, 3.8) is 0 Å². The maximum absolute atomic E-state index is 12.8. The molecule has 1 saturated heterocycles. The number of aromatic nitrogens is 3. The lowest BCUT2D eigenvalue weighted by atomic mass is 10.0. The Labute approximate surface area is 143 Å². The third kappa shape index (κ3) is 2.82. The molecule has 1 aliphatic rings. The smallest absolute Gasteiger partial charge is 0.255 e. The second-order valence-corrected chi connectivity index (χ2v) is 6.50. The molecule has 4 rings (SSSR count). The van der Waals surface area contributed by atoms with Crippen LogP contribution in [0.4, 0.5) is 0 Å². The van der Waals surface area contributed by atoms with Crippen molar-refractivity contribution in [1.29, 1.82) is 0 Å². The zero-order valence-corrected chi connectivity index (χ0v) is 13.8. The molecule has 6 nitrogen and oxygen atoms in total. The zero-order valence-electron chi connectivity index (χ0n) is 13.0. The van der Waals surface area contributed by atoms with Gasteiger partial charge in [0.05, 0.1) is 5.56 Å². The maximum atomic E-state index is 12.8. The van der Waals surface area contributed by atoms with Gasteiger partial charge in [-0.1, -0.05) is 5.16 Å². The summed E-state index contributed by atoms with van der Waals surface area (Å²) < 4.78 is 5.48. The van der Waals surface area contributed by atoms with E-state index in [-0.39, 0.29) is 11.9 Å². The average Bonchev–Trinajstić information content (AvgIpc) is 3.34. The van der Waals surface area contributed by atoms with Crippen LogP contribution in [0.1, 0.15) is 41.6 Å². The van der Waals surface area contributed by atoms with Crippen molar-refractivity contribution >= 4 is 17.2 Å². The average molecular weight is 340 g/mol. The molecule has 0 N–H and O–H groups in total. The second-order valence-electron chi connectivity index (χ2n) is 5.72. The van der Waals surface area contributed by atoms with Gasteiger partial charge in [0.15, 0.2) is 0 Å². The highest BCUT2D eigenvalue weighted by Gasteiger charge is 2.32. The van der Waals surface area contributed by atoms with Crippen molar-refractivity contribution < 1.29 is 9.32 Å². The third-order valence-electron chi connectivity index (χ3n) is 4.18. The molecule has 24 heavy (non-hydrogen) atoms. The monoisotopic (exact) mass is 340 g/mol. The Bertz CT molecular complexity index is 816. The molecule has 7 heteroatoms. The van der Waals surface area contributed by atoms with Crippen molar-refractivity contribution in [2.24, 2.45) is 0 Å². The summed E-state index contributed by atoms with van der Waals surface area (Å²) in [7, 11) is 0. The molecular formula is C17H16N4O2S. The summed E-state index contributed by atoms with van der Waals surface area (Å²) in [5, 5.41) is 7.85.